The Morgan fingerprint density at radius 1 is 1.11 bits per heavy atom. The minimum absolute atomic E-state index is 0.145. The Morgan fingerprint density at radius 2 is 1.93 bits per heavy atom. The van der Waals surface area contributed by atoms with Crippen LogP contribution in [0, 0.1) is 0 Å². The van der Waals surface area contributed by atoms with Gasteiger partial charge >= 0.3 is 0 Å². The van der Waals surface area contributed by atoms with E-state index in [1.807, 2.05) is 6.07 Å². The van der Waals surface area contributed by atoms with Crippen LogP contribution in [0.5, 0.6) is 11.5 Å². The Balaban J connectivity index is 1.55. The molecule has 138 valence electrons. The van der Waals surface area contributed by atoms with E-state index in [1.165, 1.54) is 4.90 Å². The molecule has 0 bridgehead atoms. The first-order chi connectivity index (χ1) is 13.0. The van der Waals surface area contributed by atoms with Gasteiger partial charge in [0.05, 0.1) is 6.54 Å². The number of rotatable bonds is 4. The van der Waals surface area contributed by atoms with E-state index in [-0.39, 0.29) is 37.1 Å². The van der Waals surface area contributed by atoms with Crippen LogP contribution in [0.4, 0.5) is 0 Å². The van der Waals surface area contributed by atoms with Gasteiger partial charge in [-0.1, -0.05) is 24.3 Å². The van der Waals surface area contributed by atoms with Crippen LogP contribution >= 0.6 is 0 Å². The van der Waals surface area contributed by atoms with Gasteiger partial charge in [0.1, 0.15) is 24.1 Å². The summed E-state index contributed by atoms with van der Waals surface area (Å²) >= 11 is 0. The summed E-state index contributed by atoms with van der Waals surface area (Å²) in [6, 6.07) is 11.4. The van der Waals surface area contributed by atoms with Crippen molar-refractivity contribution >= 4 is 17.7 Å². The second kappa shape index (κ2) is 6.75. The SMILES string of the molecule is O=C1CCC(N2Cc3c(OCc4ccccc4O)cccc3C2=O)C(=O)N1. The number of nitrogens with one attached hydrogen (secondary N) is 1. The number of aromatic hydroxyl groups is 1. The van der Waals surface area contributed by atoms with Crippen molar-refractivity contribution in [2.45, 2.75) is 32.0 Å². The number of nitrogens with zero attached hydrogens (tertiary/aromatic N) is 1. The molecule has 2 aliphatic heterocycles. The van der Waals surface area contributed by atoms with E-state index in [9.17, 15) is 19.5 Å². The number of piperidine rings is 1. The van der Waals surface area contributed by atoms with Gasteiger partial charge in [-0.05, 0) is 24.6 Å². The lowest BCUT2D eigenvalue weighted by Gasteiger charge is -2.29. The van der Waals surface area contributed by atoms with Gasteiger partial charge in [-0.3, -0.25) is 19.7 Å². The number of ether oxygens (including phenoxy) is 1. The fourth-order valence-corrected chi connectivity index (χ4v) is 3.48. The molecule has 7 heteroatoms. The summed E-state index contributed by atoms with van der Waals surface area (Å²) in [5.74, 6) is -0.311. The third kappa shape index (κ3) is 3.12. The fraction of sp³-hybridized carbons (Fsp3) is 0.250. The molecule has 0 aromatic heterocycles. The van der Waals surface area contributed by atoms with Crippen LogP contribution in [0.25, 0.3) is 0 Å². The molecule has 4 rings (SSSR count). The van der Waals surface area contributed by atoms with Crippen molar-refractivity contribution < 1.29 is 24.2 Å². The average Bonchev–Trinajstić information content (AvgIpc) is 2.98. The number of hydrogen-bond acceptors (Lipinski definition) is 5. The highest BCUT2D eigenvalue weighted by molar-refractivity contribution is 6.05. The normalized spacial score (nSPS) is 19.0. The highest BCUT2D eigenvalue weighted by Gasteiger charge is 2.40. The van der Waals surface area contributed by atoms with Crippen molar-refractivity contribution in [1.29, 1.82) is 0 Å². The van der Waals surface area contributed by atoms with Gasteiger partial charge in [-0.2, -0.15) is 0 Å². The number of phenols is 1. The van der Waals surface area contributed by atoms with Crippen molar-refractivity contribution in [3.63, 3.8) is 0 Å². The van der Waals surface area contributed by atoms with Crippen LogP contribution in [-0.4, -0.2) is 33.8 Å². The maximum atomic E-state index is 12.8. The van der Waals surface area contributed by atoms with Crippen LogP contribution in [0.3, 0.4) is 0 Å². The van der Waals surface area contributed by atoms with E-state index in [2.05, 4.69) is 5.32 Å². The van der Waals surface area contributed by atoms with Crippen molar-refractivity contribution in [2.75, 3.05) is 0 Å². The van der Waals surface area contributed by atoms with Crippen LogP contribution < -0.4 is 10.1 Å². The van der Waals surface area contributed by atoms with Crippen molar-refractivity contribution in [2.24, 2.45) is 0 Å². The maximum Gasteiger partial charge on any atom is 0.255 e. The van der Waals surface area contributed by atoms with Crippen LogP contribution in [0.2, 0.25) is 0 Å². The Labute approximate surface area is 155 Å². The first-order valence-electron chi connectivity index (χ1n) is 8.71. The molecule has 0 aliphatic carbocycles. The predicted molar refractivity (Wildman–Crippen MR) is 94.9 cm³/mol. The summed E-state index contributed by atoms with van der Waals surface area (Å²) in [4.78, 5) is 37.8. The fourth-order valence-electron chi connectivity index (χ4n) is 3.48. The Morgan fingerprint density at radius 3 is 2.70 bits per heavy atom. The van der Waals surface area contributed by atoms with Crippen LogP contribution in [-0.2, 0) is 22.7 Å². The van der Waals surface area contributed by atoms with E-state index >= 15 is 0 Å². The first-order valence-corrected chi connectivity index (χ1v) is 8.71. The molecule has 2 heterocycles. The smallest absolute Gasteiger partial charge is 0.255 e. The summed E-state index contributed by atoms with van der Waals surface area (Å²) < 4.78 is 5.85. The molecule has 2 aromatic rings. The third-order valence-electron chi connectivity index (χ3n) is 4.91. The molecule has 1 atom stereocenters. The van der Waals surface area contributed by atoms with E-state index in [0.717, 1.165) is 0 Å². The lowest BCUT2D eigenvalue weighted by molar-refractivity contribution is -0.136. The van der Waals surface area contributed by atoms with Crippen LogP contribution in [0.15, 0.2) is 42.5 Å². The average molecular weight is 366 g/mol. The molecule has 0 saturated carbocycles. The Hall–Kier alpha value is -3.35. The monoisotopic (exact) mass is 366 g/mol. The van der Waals surface area contributed by atoms with Gasteiger partial charge in [0.2, 0.25) is 11.8 Å². The molecule has 0 radical (unpaired) electrons. The lowest BCUT2D eigenvalue weighted by Crippen LogP contribution is -2.52. The largest absolute Gasteiger partial charge is 0.508 e. The Kier molecular flexibility index (Phi) is 4.27. The number of phenolic OH excluding ortho intramolecular Hbond substituents is 1. The number of benzene rings is 2. The van der Waals surface area contributed by atoms with E-state index in [4.69, 9.17) is 4.74 Å². The van der Waals surface area contributed by atoms with E-state index in [0.29, 0.717) is 28.9 Å². The topological polar surface area (TPSA) is 95.9 Å². The lowest BCUT2D eigenvalue weighted by atomic mass is 10.0. The molecule has 3 amide bonds. The van der Waals surface area contributed by atoms with E-state index < -0.39 is 11.9 Å². The molecule has 2 aliphatic rings. The minimum Gasteiger partial charge on any atom is -0.508 e. The summed E-state index contributed by atoms with van der Waals surface area (Å²) in [7, 11) is 0. The van der Waals surface area contributed by atoms with Gasteiger partial charge in [-0.15, -0.1) is 0 Å². The van der Waals surface area contributed by atoms with Crippen LogP contribution in [0.1, 0.15) is 34.3 Å². The Bertz CT molecular complexity index is 940. The molecular formula is C20H18N2O5. The second-order valence-electron chi connectivity index (χ2n) is 6.60. The summed E-state index contributed by atoms with van der Waals surface area (Å²) in [6.45, 7) is 0.410. The molecule has 1 unspecified atom stereocenters. The first kappa shape index (κ1) is 17.1. The molecule has 0 spiro atoms. The number of fused-ring (bicyclic) bond motifs is 1. The van der Waals surface area contributed by atoms with Gasteiger partial charge in [-0.25, -0.2) is 0 Å². The predicted octanol–water partition coefficient (Wildman–Crippen LogP) is 1.73. The van der Waals surface area contributed by atoms with E-state index in [1.54, 1.807) is 36.4 Å². The molecular weight excluding hydrogens is 348 g/mol. The highest BCUT2D eigenvalue weighted by atomic mass is 16.5. The maximum absolute atomic E-state index is 12.8. The van der Waals surface area contributed by atoms with Gasteiger partial charge in [0.15, 0.2) is 0 Å². The number of amides is 3. The number of hydrogen-bond donors (Lipinski definition) is 2. The summed E-state index contributed by atoms with van der Waals surface area (Å²) in [5.41, 5.74) is 1.85. The van der Waals surface area contributed by atoms with Crippen molar-refractivity contribution in [1.82, 2.24) is 10.2 Å². The summed E-state index contributed by atoms with van der Waals surface area (Å²) in [5, 5.41) is 12.2. The summed E-state index contributed by atoms with van der Waals surface area (Å²) in [6.07, 6.45) is 0.533. The zero-order valence-electron chi connectivity index (χ0n) is 14.5. The molecule has 2 aromatic carbocycles. The van der Waals surface area contributed by atoms with Gasteiger partial charge < -0.3 is 14.7 Å². The molecule has 2 N–H and O–H groups in total. The molecule has 1 saturated heterocycles. The molecule has 7 nitrogen and oxygen atoms in total. The minimum atomic E-state index is -0.659. The zero-order valence-corrected chi connectivity index (χ0v) is 14.5. The standard InChI is InChI=1S/C20H18N2O5/c23-16-6-2-1-4-12(16)11-27-17-7-3-5-13-14(17)10-22(20(13)26)15-8-9-18(24)21-19(15)25/h1-7,15,23H,8-11H2,(H,21,24,25). The second-order valence-corrected chi connectivity index (χ2v) is 6.60. The van der Waals surface area contributed by atoms with Crippen molar-refractivity contribution in [3.8, 4) is 11.5 Å². The zero-order chi connectivity index (χ0) is 19.0. The quantitative estimate of drug-likeness (QED) is 0.804. The number of para-hydroxylation sites is 1. The number of imide groups is 1. The molecule has 1 fully saturated rings. The molecule has 27 heavy (non-hydrogen) atoms. The van der Waals surface area contributed by atoms with Gasteiger partial charge in [0, 0.05) is 23.1 Å². The van der Waals surface area contributed by atoms with Crippen molar-refractivity contribution in [3.05, 3.63) is 59.2 Å². The number of carbonyl (C=O) groups is 3. The van der Waals surface area contributed by atoms with Gasteiger partial charge in [0.25, 0.3) is 5.91 Å². The third-order valence-corrected chi connectivity index (χ3v) is 4.91. The number of carbonyl (C=O) groups excluding carboxylic acids is 3. The highest BCUT2D eigenvalue weighted by Crippen LogP contribution is 2.34.